The van der Waals surface area contributed by atoms with Gasteiger partial charge in [0.1, 0.15) is 5.69 Å². The summed E-state index contributed by atoms with van der Waals surface area (Å²) in [4.78, 5) is 0. The number of nitrogens with zero attached hydrogens (tertiary/aromatic N) is 5. The van der Waals surface area contributed by atoms with E-state index in [1.165, 1.54) is 0 Å². The Bertz CT molecular complexity index is 959. The number of ether oxygens (including phenoxy) is 2. The molecule has 1 aromatic carbocycles. The molecule has 27 heavy (non-hydrogen) atoms. The van der Waals surface area contributed by atoms with Gasteiger partial charge in [-0.2, -0.15) is 5.10 Å². The van der Waals surface area contributed by atoms with Crippen molar-refractivity contribution in [3.8, 4) is 22.8 Å². The number of hydrogen-bond donors (Lipinski definition) is 0. The molecule has 0 saturated carbocycles. The van der Waals surface area contributed by atoms with E-state index in [1.54, 1.807) is 0 Å². The molecular formula is C20H23N5O2. The molecule has 0 saturated heterocycles. The van der Waals surface area contributed by atoms with Crippen molar-refractivity contribution < 1.29 is 9.47 Å². The molecule has 3 aromatic rings. The highest BCUT2D eigenvalue weighted by Crippen LogP contribution is 2.33. The van der Waals surface area contributed by atoms with Crippen molar-refractivity contribution in [3.05, 3.63) is 54.5 Å². The van der Waals surface area contributed by atoms with Crippen LogP contribution < -0.4 is 9.47 Å². The Morgan fingerprint density at radius 3 is 2.85 bits per heavy atom. The van der Waals surface area contributed by atoms with Gasteiger partial charge in [0.25, 0.3) is 0 Å². The molecular weight excluding hydrogens is 342 g/mol. The van der Waals surface area contributed by atoms with Crippen LogP contribution in [-0.2, 0) is 6.54 Å². The third-order valence-electron chi connectivity index (χ3n) is 4.70. The first-order valence-electron chi connectivity index (χ1n) is 9.12. The van der Waals surface area contributed by atoms with Crippen LogP contribution in [-0.4, -0.2) is 38.0 Å². The van der Waals surface area contributed by atoms with Crippen molar-refractivity contribution >= 4 is 0 Å². The van der Waals surface area contributed by atoms with E-state index in [1.807, 2.05) is 53.0 Å². The van der Waals surface area contributed by atoms with Crippen LogP contribution in [0.25, 0.3) is 11.3 Å². The van der Waals surface area contributed by atoms with Gasteiger partial charge in [0.2, 0.25) is 0 Å². The Labute approximate surface area is 158 Å². The molecule has 0 N–H and O–H groups in total. The van der Waals surface area contributed by atoms with Crippen LogP contribution in [0.3, 0.4) is 0 Å². The summed E-state index contributed by atoms with van der Waals surface area (Å²) < 4.78 is 15.2. The maximum Gasteiger partial charge on any atom is 0.161 e. The molecule has 0 aliphatic carbocycles. The number of fused-ring (bicyclic) bond motifs is 1. The zero-order chi connectivity index (χ0) is 18.8. The summed E-state index contributed by atoms with van der Waals surface area (Å²) in [6, 6.07) is 6.06. The summed E-state index contributed by atoms with van der Waals surface area (Å²) in [5, 5.41) is 13.2. The summed E-state index contributed by atoms with van der Waals surface area (Å²) in [6.07, 6.45) is 6.64. The second-order valence-corrected chi connectivity index (χ2v) is 6.66. The quantitative estimate of drug-likeness (QED) is 0.648. The van der Waals surface area contributed by atoms with Crippen molar-refractivity contribution in [2.45, 2.75) is 32.9 Å². The highest BCUT2D eigenvalue weighted by Gasteiger charge is 2.17. The summed E-state index contributed by atoms with van der Waals surface area (Å²) >= 11 is 0. The Morgan fingerprint density at radius 1 is 1.22 bits per heavy atom. The van der Waals surface area contributed by atoms with Gasteiger partial charge in [-0.15, -0.1) is 11.7 Å². The van der Waals surface area contributed by atoms with E-state index in [9.17, 15) is 0 Å². The molecule has 0 bridgehead atoms. The second kappa shape index (κ2) is 7.26. The number of benzene rings is 1. The number of rotatable bonds is 5. The van der Waals surface area contributed by atoms with Crippen LogP contribution in [0.4, 0.5) is 0 Å². The van der Waals surface area contributed by atoms with Crippen LogP contribution >= 0.6 is 0 Å². The highest BCUT2D eigenvalue weighted by molar-refractivity contribution is 5.59. The Balaban J connectivity index is 1.59. The van der Waals surface area contributed by atoms with E-state index >= 15 is 0 Å². The third-order valence-corrected chi connectivity index (χ3v) is 4.70. The largest absolute Gasteiger partial charge is 0.490 e. The average Bonchev–Trinajstić information content (AvgIpc) is 3.21. The molecule has 3 heterocycles. The monoisotopic (exact) mass is 365 g/mol. The van der Waals surface area contributed by atoms with Gasteiger partial charge in [0, 0.05) is 18.2 Å². The van der Waals surface area contributed by atoms with Crippen molar-refractivity contribution in [3.63, 3.8) is 0 Å². The molecule has 7 nitrogen and oxygen atoms in total. The Kier molecular flexibility index (Phi) is 4.66. The number of allylic oxidation sites excluding steroid dienone is 1. The fourth-order valence-corrected chi connectivity index (χ4v) is 3.18. The molecule has 0 radical (unpaired) electrons. The van der Waals surface area contributed by atoms with Crippen LogP contribution in [0.1, 0.15) is 30.6 Å². The summed E-state index contributed by atoms with van der Waals surface area (Å²) in [6.45, 7) is 9.85. The van der Waals surface area contributed by atoms with E-state index in [0.29, 0.717) is 19.8 Å². The third kappa shape index (κ3) is 3.45. The van der Waals surface area contributed by atoms with E-state index < -0.39 is 0 Å². The minimum atomic E-state index is 0.0203. The van der Waals surface area contributed by atoms with Crippen molar-refractivity contribution in [2.24, 2.45) is 0 Å². The molecule has 0 fully saturated rings. The predicted octanol–water partition coefficient (Wildman–Crippen LogP) is 3.41. The number of hydrogen-bond acceptors (Lipinski definition) is 5. The maximum atomic E-state index is 5.80. The standard InChI is InChI=1S/C20H23N5O2/c1-4-8-24-12-17(14(2)22-24)18-13-25(23-21-18)15(3)16-6-7-19-20(11-16)27-10-5-9-26-19/h4,6-7,11-13,15H,1,5,8-10H2,2-3H3/t15-/m0/s1. The Hall–Kier alpha value is -3.09. The fourth-order valence-electron chi connectivity index (χ4n) is 3.18. The van der Waals surface area contributed by atoms with Gasteiger partial charge in [-0.1, -0.05) is 17.4 Å². The van der Waals surface area contributed by atoms with Crippen molar-refractivity contribution in [1.29, 1.82) is 0 Å². The smallest absolute Gasteiger partial charge is 0.161 e. The molecule has 4 rings (SSSR count). The van der Waals surface area contributed by atoms with Crippen molar-refractivity contribution in [2.75, 3.05) is 13.2 Å². The molecule has 1 aliphatic heterocycles. The number of aryl methyl sites for hydroxylation is 1. The molecule has 1 aliphatic rings. The molecule has 1 atom stereocenters. The first kappa shape index (κ1) is 17.3. The molecule has 7 heteroatoms. The predicted molar refractivity (Wildman–Crippen MR) is 102 cm³/mol. The lowest BCUT2D eigenvalue weighted by Gasteiger charge is -2.14. The average molecular weight is 365 g/mol. The van der Waals surface area contributed by atoms with Gasteiger partial charge in [0.05, 0.1) is 37.7 Å². The van der Waals surface area contributed by atoms with E-state index in [-0.39, 0.29) is 6.04 Å². The topological polar surface area (TPSA) is 67.0 Å². The van der Waals surface area contributed by atoms with Crippen LogP contribution in [0, 0.1) is 6.92 Å². The lowest BCUT2D eigenvalue weighted by atomic mass is 10.1. The van der Waals surface area contributed by atoms with Gasteiger partial charge in [-0.3, -0.25) is 4.68 Å². The highest BCUT2D eigenvalue weighted by atomic mass is 16.5. The van der Waals surface area contributed by atoms with Crippen molar-refractivity contribution in [1.82, 2.24) is 24.8 Å². The first-order chi connectivity index (χ1) is 13.2. The first-order valence-corrected chi connectivity index (χ1v) is 9.12. The summed E-state index contributed by atoms with van der Waals surface area (Å²) in [5.41, 5.74) is 3.81. The van der Waals surface area contributed by atoms with Crippen LogP contribution in [0.5, 0.6) is 11.5 Å². The fraction of sp³-hybridized carbons (Fsp3) is 0.350. The van der Waals surface area contributed by atoms with Gasteiger partial charge in [-0.05, 0) is 31.5 Å². The zero-order valence-electron chi connectivity index (χ0n) is 15.6. The lowest BCUT2D eigenvalue weighted by molar-refractivity contribution is 0.297. The minimum absolute atomic E-state index is 0.0203. The molecule has 0 unspecified atom stereocenters. The van der Waals surface area contributed by atoms with Gasteiger partial charge < -0.3 is 9.47 Å². The van der Waals surface area contributed by atoms with E-state index in [2.05, 4.69) is 28.9 Å². The molecule has 140 valence electrons. The van der Waals surface area contributed by atoms with Gasteiger partial charge >= 0.3 is 0 Å². The van der Waals surface area contributed by atoms with E-state index in [0.717, 1.165) is 40.4 Å². The second-order valence-electron chi connectivity index (χ2n) is 6.66. The van der Waals surface area contributed by atoms with E-state index in [4.69, 9.17) is 9.47 Å². The summed E-state index contributed by atoms with van der Waals surface area (Å²) in [7, 11) is 0. The molecule has 0 amide bonds. The molecule has 0 spiro atoms. The van der Waals surface area contributed by atoms with Crippen LogP contribution in [0.15, 0.2) is 43.2 Å². The summed E-state index contributed by atoms with van der Waals surface area (Å²) in [5.74, 6) is 1.59. The van der Waals surface area contributed by atoms with Crippen LogP contribution in [0.2, 0.25) is 0 Å². The SMILES string of the molecule is C=CCn1cc(-c2cn([C@@H](C)c3ccc4c(c3)OCCCO4)nn2)c(C)n1. The molecule has 2 aromatic heterocycles. The maximum absolute atomic E-state index is 5.80. The minimum Gasteiger partial charge on any atom is -0.490 e. The normalized spacial score (nSPS) is 14.6. The van der Waals surface area contributed by atoms with Gasteiger partial charge in [0.15, 0.2) is 11.5 Å². The number of aromatic nitrogens is 5. The zero-order valence-corrected chi connectivity index (χ0v) is 15.6. The Morgan fingerprint density at radius 2 is 2.04 bits per heavy atom. The van der Waals surface area contributed by atoms with Gasteiger partial charge in [-0.25, -0.2) is 4.68 Å². The lowest BCUT2D eigenvalue weighted by Crippen LogP contribution is -2.08.